The summed E-state index contributed by atoms with van der Waals surface area (Å²) in [4.78, 5) is 4.50. The predicted octanol–water partition coefficient (Wildman–Crippen LogP) is 5.93. The summed E-state index contributed by atoms with van der Waals surface area (Å²) in [5, 5.41) is 0.592. The van der Waals surface area contributed by atoms with Gasteiger partial charge >= 0.3 is 139 Å². The Labute approximate surface area is 138 Å². The monoisotopic (exact) mass is 421 g/mol. The zero-order chi connectivity index (χ0) is 15.7. The van der Waals surface area contributed by atoms with E-state index in [1.807, 2.05) is 0 Å². The molecule has 0 aliphatic heterocycles. The molecule has 120 valence electrons. The second kappa shape index (κ2) is 10.0. The molecule has 0 unspecified atom stereocenters. The van der Waals surface area contributed by atoms with Crippen LogP contribution in [0.1, 0.15) is 59.3 Å². The molecule has 0 amide bonds. The van der Waals surface area contributed by atoms with Crippen LogP contribution in [0.25, 0.3) is 0 Å². The van der Waals surface area contributed by atoms with Crippen molar-refractivity contribution in [3.8, 4) is 0 Å². The molecule has 0 radical (unpaired) electrons. The molecule has 0 fully saturated rings. The van der Waals surface area contributed by atoms with Crippen molar-refractivity contribution in [3.63, 3.8) is 0 Å². The van der Waals surface area contributed by atoms with Crippen LogP contribution in [0, 0.1) is 5.82 Å². The average Bonchev–Trinajstić information content (AvgIpc) is 2.47. The summed E-state index contributed by atoms with van der Waals surface area (Å²) < 4.78 is 18.4. The molecule has 1 aromatic heterocycles. The first-order valence-electron chi connectivity index (χ1n) is 8.41. The van der Waals surface area contributed by atoms with Crippen molar-refractivity contribution in [1.29, 1.82) is 0 Å². The van der Waals surface area contributed by atoms with E-state index in [0.29, 0.717) is 5.02 Å². The van der Waals surface area contributed by atoms with Gasteiger partial charge in [-0.2, -0.15) is 0 Å². The predicted molar refractivity (Wildman–Crippen MR) is 93.7 cm³/mol. The Balaban J connectivity index is 3.15. The normalized spacial score (nSPS) is 11.9. The van der Waals surface area contributed by atoms with Crippen molar-refractivity contribution in [2.45, 2.75) is 72.6 Å². The number of nitrogens with zero attached hydrogens (tertiary/aromatic N) is 1. The number of halogens is 2. The van der Waals surface area contributed by atoms with Crippen LogP contribution in [0.2, 0.25) is 18.3 Å². The van der Waals surface area contributed by atoms with E-state index in [0.717, 1.165) is 3.71 Å². The topological polar surface area (TPSA) is 12.9 Å². The van der Waals surface area contributed by atoms with Crippen molar-refractivity contribution in [2.75, 3.05) is 0 Å². The Hall–Kier alpha value is 0.169. The third-order valence-corrected chi connectivity index (χ3v) is 20.3. The SMILES string of the molecule is CCC[CH2][Sn]([CH2]CCC)([CH2]CCC)[c]1ncc(F)cc1Cl. The number of hydrogen-bond donors (Lipinski definition) is 0. The Morgan fingerprint density at radius 2 is 1.48 bits per heavy atom. The number of hydrogen-bond acceptors (Lipinski definition) is 1. The van der Waals surface area contributed by atoms with Gasteiger partial charge in [0, 0.05) is 0 Å². The molecule has 0 aromatic carbocycles. The third-order valence-electron chi connectivity index (χ3n) is 4.34. The van der Waals surface area contributed by atoms with E-state index in [1.165, 1.54) is 64.1 Å². The molecule has 0 aliphatic rings. The van der Waals surface area contributed by atoms with E-state index in [4.69, 9.17) is 11.6 Å². The molecule has 0 atom stereocenters. The zero-order valence-corrected chi connectivity index (χ0v) is 17.3. The van der Waals surface area contributed by atoms with Crippen molar-refractivity contribution in [2.24, 2.45) is 0 Å². The van der Waals surface area contributed by atoms with E-state index < -0.39 is 18.4 Å². The molecule has 1 heterocycles. The number of unbranched alkanes of at least 4 members (excludes halogenated alkanes) is 3. The summed E-state index contributed by atoms with van der Waals surface area (Å²) in [5.41, 5.74) is 0. The number of pyridine rings is 1. The second-order valence-corrected chi connectivity index (χ2v) is 19.4. The Morgan fingerprint density at radius 3 is 1.86 bits per heavy atom. The quantitative estimate of drug-likeness (QED) is 0.428. The van der Waals surface area contributed by atoms with Crippen molar-refractivity contribution < 1.29 is 4.39 Å². The summed E-state index contributed by atoms with van der Waals surface area (Å²) in [6, 6.07) is 1.47. The van der Waals surface area contributed by atoms with Crippen LogP contribution >= 0.6 is 11.6 Å². The van der Waals surface area contributed by atoms with E-state index in [9.17, 15) is 4.39 Å². The van der Waals surface area contributed by atoms with Gasteiger partial charge in [0.2, 0.25) is 0 Å². The van der Waals surface area contributed by atoms with E-state index >= 15 is 0 Å². The molecule has 4 heteroatoms. The van der Waals surface area contributed by atoms with Crippen molar-refractivity contribution in [3.05, 3.63) is 23.1 Å². The maximum atomic E-state index is 13.4. The summed E-state index contributed by atoms with van der Waals surface area (Å²) >= 11 is 3.80. The molecule has 21 heavy (non-hydrogen) atoms. The fourth-order valence-corrected chi connectivity index (χ4v) is 20.2. The first-order valence-corrected chi connectivity index (χ1v) is 16.3. The molecule has 1 rings (SSSR count). The zero-order valence-electron chi connectivity index (χ0n) is 13.7. The van der Waals surface area contributed by atoms with Crippen LogP contribution in [0.5, 0.6) is 0 Å². The van der Waals surface area contributed by atoms with Crippen LogP contribution in [-0.4, -0.2) is 23.4 Å². The van der Waals surface area contributed by atoms with Gasteiger partial charge in [0.25, 0.3) is 0 Å². The number of rotatable bonds is 10. The summed E-state index contributed by atoms with van der Waals surface area (Å²) in [5.74, 6) is -0.314. The van der Waals surface area contributed by atoms with Gasteiger partial charge in [-0.05, 0) is 0 Å². The molecule has 1 aromatic rings. The standard InChI is InChI=1S/C5H2ClFN.3C4H9.Sn/c6-4-1-5(7)3-8-2-4;3*1-3-4-2;/h1,3H;3*1,3-4H2,2H3;. The second-order valence-electron chi connectivity index (χ2n) is 6.07. The van der Waals surface area contributed by atoms with Crippen LogP contribution in [0.4, 0.5) is 4.39 Å². The van der Waals surface area contributed by atoms with Gasteiger partial charge < -0.3 is 0 Å². The summed E-state index contributed by atoms with van der Waals surface area (Å²) in [6.07, 6.45) is 8.81. The van der Waals surface area contributed by atoms with Gasteiger partial charge in [0.05, 0.1) is 0 Å². The van der Waals surface area contributed by atoms with Gasteiger partial charge in [-0.15, -0.1) is 0 Å². The van der Waals surface area contributed by atoms with E-state index in [1.54, 1.807) is 0 Å². The van der Waals surface area contributed by atoms with Gasteiger partial charge in [-0.25, -0.2) is 0 Å². The molecule has 0 saturated carbocycles. The molecule has 0 saturated heterocycles. The molecule has 0 N–H and O–H groups in total. The van der Waals surface area contributed by atoms with Crippen molar-refractivity contribution >= 4 is 33.7 Å². The molecule has 0 spiro atoms. The average molecular weight is 421 g/mol. The Morgan fingerprint density at radius 1 is 1.00 bits per heavy atom. The number of aromatic nitrogens is 1. The van der Waals surface area contributed by atoms with Gasteiger partial charge in [-0.1, -0.05) is 0 Å². The van der Waals surface area contributed by atoms with E-state index in [-0.39, 0.29) is 5.82 Å². The summed E-state index contributed by atoms with van der Waals surface area (Å²) in [6.45, 7) is 6.74. The molecule has 0 bridgehead atoms. The minimum atomic E-state index is -2.60. The van der Waals surface area contributed by atoms with Crippen LogP contribution in [0.15, 0.2) is 12.3 Å². The molecule has 1 nitrogen and oxygen atoms in total. The minimum absolute atomic E-state index is 0.314. The molecule has 0 aliphatic carbocycles. The van der Waals surface area contributed by atoms with Crippen LogP contribution in [-0.2, 0) is 0 Å². The first kappa shape index (κ1) is 19.2. The van der Waals surface area contributed by atoms with Crippen molar-refractivity contribution in [1.82, 2.24) is 4.98 Å². The van der Waals surface area contributed by atoms with Gasteiger partial charge in [0.15, 0.2) is 0 Å². The van der Waals surface area contributed by atoms with Crippen LogP contribution < -0.4 is 3.71 Å². The molecular weight excluding hydrogens is 391 g/mol. The van der Waals surface area contributed by atoms with Crippen LogP contribution in [0.3, 0.4) is 0 Å². The summed E-state index contributed by atoms with van der Waals surface area (Å²) in [7, 11) is 0. The fourth-order valence-electron chi connectivity index (χ4n) is 3.08. The first-order chi connectivity index (χ1) is 10.1. The third kappa shape index (κ3) is 5.70. The van der Waals surface area contributed by atoms with Gasteiger partial charge in [-0.3, -0.25) is 0 Å². The van der Waals surface area contributed by atoms with Gasteiger partial charge in [0.1, 0.15) is 0 Å². The van der Waals surface area contributed by atoms with E-state index in [2.05, 4.69) is 25.8 Å². The molecular formula is C17H29ClFNSn. The maximum absolute atomic E-state index is 13.4. The fraction of sp³-hybridized carbons (Fsp3) is 0.706. The Kier molecular flexibility index (Phi) is 9.19. The Bertz CT molecular complexity index is 403.